The highest BCUT2D eigenvalue weighted by Crippen LogP contribution is 2.49. The molecule has 0 heterocycles. The summed E-state index contributed by atoms with van der Waals surface area (Å²) in [5, 5.41) is 11.0. The van der Waals surface area contributed by atoms with Gasteiger partial charge in [0.2, 0.25) is 0 Å². The molecular formula is C21H26N4. The summed E-state index contributed by atoms with van der Waals surface area (Å²) in [4.78, 5) is 1.71. The summed E-state index contributed by atoms with van der Waals surface area (Å²) in [7, 11) is 3.65. The number of amidine groups is 1. The largest absolute Gasteiger partial charge is 0.385 e. The zero-order valence-corrected chi connectivity index (χ0v) is 14.9. The van der Waals surface area contributed by atoms with Crippen molar-refractivity contribution in [1.82, 2.24) is 4.90 Å². The second kappa shape index (κ2) is 7.43. The van der Waals surface area contributed by atoms with Crippen LogP contribution in [0, 0.1) is 11.3 Å². The molecule has 0 bridgehead atoms. The van der Waals surface area contributed by atoms with E-state index in [9.17, 15) is 0 Å². The lowest BCUT2D eigenvalue weighted by Crippen LogP contribution is -2.21. The summed E-state index contributed by atoms with van der Waals surface area (Å²) < 4.78 is 0. The molecule has 130 valence electrons. The molecule has 0 spiro atoms. The molecule has 1 aliphatic carbocycles. The molecule has 2 aromatic carbocycles. The molecule has 2 atom stereocenters. The molecule has 4 N–H and O–H groups in total. The summed E-state index contributed by atoms with van der Waals surface area (Å²) >= 11 is 0. The molecule has 4 nitrogen and oxygen atoms in total. The van der Waals surface area contributed by atoms with Crippen LogP contribution < -0.4 is 11.1 Å². The van der Waals surface area contributed by atoms with Crippen molar-refractivity contribution in [2.45, 2.75) is 18.8 Å². The molecule has 0 aliphatic heterocycles. The minimum Gasteiger partial charge on any atom is -0.385 e. The first-order valence-electron chi connectivity index (χ1n) is 8.67. The Hall–Kier alpha value is -2.75. The van der Waals surface area contributed by atoms with Gasteiger partial charge in [-0.05, 0) is 47.9 Å². The average Bonchev–Trinajstić information content (AvgIpc) is 3.35. The van der Waals surface area contributed by atoms with Crippen LogP contribution in [0.15, 0.2) is 66.5 Å². The number of hydrogen-bond donors (Lipinski definition) is 3. The fourth-order valence-electron chi connectivity index (χ4n) is 3.12. The predicted octanol–water partition coefficient (Wildman–Crippen LogP) is 3.78. The molecule has 1 aliphatic rings. The Morgan fingerprint density at radius 3 is 2.68 bits per heavy atom. The van der Waals surface area contributed by atoms with Gasteiger partial charge in [0.25, 0.3) is 0 Å². The maximum atomic E-state index is 7.82. The van der Waals surface area contributed by atoms with Crippen LogP contribution in [-0.4, -0.2) is 24.8 Å². The third-order valence-electron chi connectivity index (χ3n) is 4.64. The fraction of sp³-hybridized carbons (Fsp3) is 0.286. The average molecular weight is 334 g/mol. The van der Waals surface area contributed by atoms with Gasteiger partial charge < -0.3 is 16.0 Å². The van der Waals surface area contributed by atoms with Crippen molar-refractivity contribution in [3.05, 3.63) is 77.6 Å². The summed E-state index contributed by atoms with van der Waals surface area (Å²) in [5.41, 5.74) is 9.75. The number of benzene rings is 2. The summed E-state index contributed by atoms with van der Waals surface area (Å²) in [5.74, 6) is 2.21. The van der Waals surface area contributed by atoms with Gasteiger partial charge in [-0.25, -0.2) is 0 Å². The van der Waals surface area contributed by atoms with Crippen LogP contribution >= 0.6 is 0 Å². The van der Waals surface area contributed by atoms with Crippen LogP contribution in [0.3, 0.4) is 0 Å². The van der Waals surface area contributed by atoms with Gasteiger partial charge in [-0.15, -0.1) is 0 Å². The Morgan fingerprint density at radius 1 is 1.20 bits per heavy atom. The molecular weight excluding hydrogens is 308 g/mol. The SMILES string of the molecule is CN(C)C(=N)/C=C(\N)Nc1cccc(C2C[C@H]2Cc2ccccc2)c1. The van der Waals surface area contributed by atoms with E-state index < -0.39 is 0 Å². The lowest BCUT2D eigenvalue weighted by molar-refractivity contribution is 0.621. The number of nitrogens with zero attached hydrogens (tertiary/aromatic N) is 1. The number of likely N-dealkylation sites (N-methyl/N-ethyl adjacent to an activating group) is 1. The molecule has 0 aromatic heterocycles. The van der Waals surface area contributed by atoms with E-state index in [2.05, 4.69) is 53.8 Å². The number of hydrogen-bond acceptors (Lipinski definition) is 3. The van der Waals surface area contributed by atoms with E-state index in [-0.39, 0.29) is 0 Å². The Bertz CT molecular complexity index is 764. The van der Waals surface area contributed by atoms with Gasteiger partial charge in [0.05, 0.1) is 0 Å². The molecule has 1 unspecified atom stereocenters. The molecule has 1 fully saturated rings. The lowest BCUT2D eigenvalue weighted by Gasteiger charge is -2.12. The second-order valence-corrected chi connectivity index (χ2v) is 6.92. The van der Waals surface area contributed by atoms with Gasteiger partial charge >= 0.3 is 0 Å². The first kappa shape index (κ1) is 17.1. The van der Waals surface area contributed by atoms with E-state index in [1.807, 2.05) is 20.2 Å². The smallest absolute Gasteiger partial charge is 0.123 e. The molecule has 0 amide bonds. The zero-order valence-electron chi connectivity index (χ0n) is 14.9. The predicted molar refractivity (Wildman–Crippen MR) is 105 cm³/mol. The highest BCUT2D eigenvalue weighted by atomic mass is 15.1. The van der Waals surface area contributed by atoms with E-state index in [1.165, 1.54) is 17.5 Å². The number of nitrogens with two attached hydrogens (primary N) is 1. The quantitative estimate of drug-likeness (QED) is 0.556. The van der Waals surface area contributed by atoms with Gasteiger partial charge in [-0.2, -0.15) is 0 Å². The summed E-state index contributed by atoms with van der Waals surface area (Å²) in [6, 6.07) is 19.2. The summed E-state index contributed by atoms with van der Waals surface area (Å²) in [6.45, 7) is 0. The fourth-order valence-corrected chi connectivity index (χ4v) is 3.12. The molecule has 2 aromatic rings. The van der Waals surface area contributed by atoms with Crippen LogP contribution in [-0.2, 0) is 6.42 Å². The van der Waals surface area contributed by atoms with Crippen molar-refractivity contribution in [1.29, 1.82) is 5.41 Å². The lowest BCUT2D eigenvalue weighted by atomic mass is 10.0. The Morgan fingerprint density at radius 2 is 1.96 bits per heavy atom. The minimum atomic E-state index is 0.367. The van der Waals surface area contributed by atoms with Crippen LogP contribution in [0.4, 0.5) is 5.69 Å². The second-order valence-electron chi connectivity index (χ2n) is 6.92. The Balaban J connectivity index is 1.62. The van der Waals surface area contributed by atoms with Crippen LogP contribution in [0.5, 0.6) is 0 Å². The molecule has 0 saturated heterocycles. The van der Waals surface area contributed by atoms with Gasteiger partial charge in [0.15, 0.2) is 0 Å². The van der Waals surface area contributed by atoms with E-state index in [1.54, 1.807) is 11.0 Å². The van der Waals surface area contributed by atoms with Crippen molar-refractivity contribution in [3.8, 4) is 0 Å². The van der Waals surface area contributed by atoms with Crippen LogP contribution in [0.1, 0.15) is 23.5 Å². The molecule has 0 radical (unpaired) electrons. The van der Waals surface area contributed by atoms with Crippen molar-refractivity contribution >= 4 is 11.5 Å². The highest BCUT2D eigenvalue weighted by Gasteiger charge is 2.37. The Kier molecular flexibility index (Phi) is 5.08. The van der Waals surface area contributed by atoms with E-state index >= 15 is 0 Å². The van der Waals surface area contributed by atoms with Crippen molar-refractivity contribution < 1.29 is 0 Å². The van der Waals surface area contributed by atoms with Gasteiger partial charge in [0, 0.05) is 25.9 Å². The van der Waals surface area contributed by atoms with E-state index in [4.69, 9.17) is 11.1 Å². The minimum absolute atomic E-state index is 0.367. The van der Waals surface area contributed by atoms with Crippen molar-refractivity contribution in [2.24, 2.45) is 11.7 Å². The monoisotopic (exact) mass is 334 g/mol. The number of anilines is 1. The van der Waals surface area contributed by atoms with Gasteiger partial charge in [-0.3, -0.25) is 5.41 Å². The molecule has 1 saturated carbocycles. The van der Waals surface area contributed by atoms with Crippen molar-refractivity contribution in [2.75, 3.05) is 19.4 Å². The highest BCUT2D eigenvalue weighted by molar-refractivity contribution is 5.90. The maximum absolute atomic E-state index is 7.82. The third-order valence-corrected chi connectivity index (χ3v) is 4.64. The van der Waals surface area contributed by atoms with Gasteiger partial charge in [-0.1, -0.05) is 42.5 Å². The summed E-state index contributed by atoms with van der Waals surface area (Å²) in [6.07, 6.45) is 4.02. The first-order valence-corrected chi connectivity index (χ1v) is 8.67. The van der Waals surface area contributed by atoms with E-state index in [0.717, 1.165) is 18.0 Å². The molecule has 3 rings (SSSR count). The van der Waals surface area contributed by atoms with Gasteiger partial charge in [0.1, 0.15) is 11.7 Å². The third kappa shape index (κ3) is 4.63. The maximum Gasteiger partial charge on any atom is 0.123 e. The molecule has 25 heavy (non-hydrogen) atoms. The van der Waals surface area contributed by atoms with Crippen molar-refractivity contribution in [3.63, 3.8) is 0 Å². The Labute approximate surface area is 149 Å². The standard InChI is InChI=1S/C21H26N4/c1-25(2)21(23)14-20(22)24-18-10-6-9-16(12-18)19-13-17(19)11-15-7-4-3-5-8-15/h3-10,12,14,17,19,23-24H,11,13,22H2,1-2H3/b20-14+,23-21?/t17-,19?/m1/s1. The topological polar surface area (TPSA) is 65.1 Å². The first-order chi connectivity index (χ1) is 12.0. The van der Waals surface area contributed by atoms with Crippen LogP contribution in [0.25, 0.3) is 0 Å². The molecule has 4 heteroatoms. The van der Waals surface area contributed by atoms with E-state index in [0.29, 0.717) is 17.6 Å². The zero-order chi connectivity index (χ0) is 17.8. The number of rotatable bonds is 6. The number of nitrogens with one attached hydrogen (secondary N) is 2. The van der Waals surface area contributed by atoms with Crippen LogP contribution in [0.2, 0.25) is 0 Å². The normalized spacial score (nSPS) is 19.4.